The summed E-state index contributed by atoms with van der Waals surface area (Å²) in [7, 11) is 0. The van der Waals surface area contributed by atoms with E-state index in [1.54, 1.807) is 48.5 Å². The molecule has 0 atom stereocenters. The summed E-state index contributed by atoms with van der Waals surface area (Å²) in [4.78, 5) is 35.6. The topological polar surface area (TPSA) is 96.5 Å². The molecule has 0 saturated carbocycles. The monoisotopic (exact) mass is 403 g/mol. The first-order chi connectivity index (χ1) is 13.3. The van der Waals surface area contributed by atoms with Gasteiger partial charge in [0.2, 0.25) is 5.91 Å². The van der Waals surface area contributed by atoms with Crippen molar-refractivity contribution in [3.05, 3.63) is 59.1 Å². The molecule has 7 nitrogen and oxygen atoms in total. The van der Waals surface area contributed by atoms with E-state index in [4.69, 9.17) is 16.3 Å². The van der Waals surface area contributed by atoms with Crippen molar-refractivity contribution in [2.75, 3.05) is 11.9 Å². The summed E-state index contributed by atoms with van der Waals surface area (Å²) in [6.07, 6.45) is 0.423. The first-order valence-corrected chi connectivity index (χ1v) is 9.08. The molecule has 0 radical (unpaired) electrons. The van der Waals surface area contributed by atoms with E-state index in [-0.39, 0.29) is 18.4 Å². The fraction of sp³-hybridized carbons (Fsp3) is 0.250. The van der Waals surface area contributed by atoms with Gasteiger partial charge in [-0.15, -0.1) is 0 Å². The lowest BCUT2D eigenvalue weighted by atomic mass is 10.1. The highest BCUT2D eigenvalue weighted by Gasteiger charge is 2.09. The van der Waals surface area contributed by atoms with E-state index in [0.717, 1.165) is 0 Å². The minimum atomic E-state index is -0.513. The van der Waals surface area contributed by atoms with Gasteiger partial charge in [-0.3, -0.25) is 25.2 Å². The normalized spacial score (nSPS) is 10.3. The van der Waals surface area contributed by atoms with E-state index in [1.165, 1.54) is 0 Å². The maximum Gasteiger partial charge on any atom is 0.276 e. The van der Waals surface area contributed by atoms with Gasteiger partial charge in [0.15, 0.2) is 6.61 Å². The number of carbonyl (C=O) groups excluding carboxylic acids is 3. The minimum absolute atomic E-state index is 0.0832. The van der Waals surface area contributed by atoms with Crippen LogP contribution in [0.2, 0.25) is 5.02 Å². The van der Waals surface area contributed by atoms with Crippen LogP contribution in [0.15, 0.2) is 48.5 Å². The minimum Gasteiger partial charge on any atom is -0.484 e. The van der Waals surface area contributed by atoms with Gasteiger partial charge in [-0.1, -0.05) is 25.4 Å². The second-order valence-corrected chi connectivity index (χ2v) is 6.90. The van der Waals surface area contributed by atoms with Crippen LogP contribution in [-0.4, -0.2) is 24.3 Å². The maximum absolute atomic E-state index is 12.1. The number of carbonyl (C=O) groups is 3. The molecule has 0 unspecified atom stereocenters. The fourth-order valence-electron chi connectivity index (χ4n) is 2.20. The van der Waals surface area contributed by atoms with Crippen molar-refractivity contribution in [1.82, 2.24) is 10.9 Å². The second kappa shape index (κ2) is 10.3. The van der Waals surface area contributed by atoms with E-state index in [9.17, 15) is 14.4 Å². The lowest BCUT2D eigenvalue weighted by Crippen LogP contribution is -2.43. The van der Waals surface area contributed by atoms with Crippen molar-refractivity contribution >= 4 is 35.0 Å². The fourth-order valence-corrected chi connectivity index (χ4v) is 2.33. The van der Waals surface area contributed by atoms with E-state index in [2.05, 4.69) is 16.2 Å². The average molecular weight is 404 g/mol. The molecule has 0 fully saturated rings. The predicted octanol–water partition coefficient (Wildman–Crippen LogP) is 3.16. The van der Waals surface area contributed by atoms with E-state index >= 15 is 0 Å². The molecule has 28 heavy (non-hydrogen) atoms. The summed E-state index contributed by atoms with van der Waals surface area (Å²) in [5, 5.41) is 3.32. The molecular formula is C20H22ClN3O4. The summed E-state index contributed by atoms with van der Waals surface area (Å²) in [6, 6.07) is 12.9. The van der Waals surface area contributed by atoms with Crippen molar-refractivity contribution in [2.24, 2.45) is 5.92 Å². The van der Waals surface area contributed by atoms with E-state index < -0.39 is 11.8 Å². The third kappa shape index (κ3) is 7.28. The van der Waals surface area contributed by atoms with Crippen LogP contribution in [0, 0.1) is 5.92 Å². The van der Waals surface area contributed by atoms with Gasteiger partial charge < -0.3 is 10.1 Å². The third-order valence-electron chi connectivity index (χ3n) is 3.52. The van der Waals surface area contributed by atoms with Crippen LogP contribution in [0.3, 0.4) is 0 Å². The molecule has 148 valence electrons. The van der Waals surface area contributed by atoms with Gasteiger partial charge in [-0.25, -0.2) is 0 Å². The molecule has 0 spiro atoms. The maximum atomic E-state index is 12.1. The zero-order valence-corrected chi connectivity index (χ0v) is 16.4. The van der Waals surface area contributed by atoms with Crippen LogP contribution in [0.1, 0.15) is 30.6 Å². The van der Waals surface area contributed by atoms with Crippen molar-refractivity contribution in [3.8, 4) is 5.75 Å². The molecule has 2 rings (SSSR count). The molecule has 8 heteroatoms. The van der Waals surface area contributed by atoms with Crippen LogP contribution in [0.25, 0.3) is 0 Å². The first-order valence-electron chi connectivity index (χ1n) is 8.71. The van der Waals surface area contributed by atoms with Gasteiger partial charge in [-0.05, 0) is 54.4 Å². The molecule has 0 aliphatic carbocycles. The number of halogens is 1. The van der Waals surface area contributed by atoms with Gasteiger partial charge in [0.05, 0.1) is 0 Å². The number of hydrogen-bond acceptors (Lipinski definition) is 4. The second-order valence-electron chi connectivity index (χ2n) is 6.47. The number of hydrazine groups is 1. The van der Waals surface area contributed by atoms with Crippen molar-refractivity contribution in [3.63, 3.8) is 0 Å². The Hall–Kier alpha value is -3.06. The Bertz CT molecular complexity index is 820. The van der Waals surface area contributed by atoms with Gasteiger partial charge in [0.1, 0.15) is 5.75 Å². The van der Waals surface area contributed by atoms with E-state index in [1.807, 2.05) is 13.8 Å². The van der Waals surface area contributed by atoms with Gasteiger partial charge >= 0.3 is 0 Å². The van der Waals surface area contributed by atoms with Crippen molar-refractivity contribution < 1.29 is 19.1 Å². The van der Waals surface area contributed by atoms with Crippen molar-refractivity contribution in [1.29, 1.82) is 0 Å². The first kappa shape index (κ1) is 21.2. The van der Waals surface area contributed by atoms with Crippen molar-refractivity contribution in [2.45, 2.75) is 20.3 Å². The Balaban J connectivity index is 1.76. The van der Waals surface area contributed by atoms with E-state index in [0.29, 0.717) is 28.4 Å². The molecule has 3 N–H and O–H groups in total. The number of hydrogen-bond donors (Lipinski definition) is 3. The van der Waals surface area contributed by atoms with Crippen LogP contribution in [0.5, 0.6) is 5.75 Å². The lowest BCUT2D eigenvalue weighted by Gasteiger charge is -2.10. The summed E-state index contributed by atoms with van der Waals surface area (Å²) >= 11 is 5.77. The molecule has 0 aliphatic heterocycles. The molecule has 3 amide bonds. The Morgan fingerprint density at radius 2 is 1.57 bits per heavy atom. The van der Waals surface area contributed by atoms with Gasteiger partial charge in [0.25, 0.3) is 11.8 Å². The number of ether oxygens (including phenoxy) is 1. The van der Waals surface area contributed by atoms with Gasteiger partial charge in [-0.2, -0.15) is 0 Å². The standard InChI is InChI=1S/C20H22ClN3O4/c1-13(2)11-18(25)22-16-7-3-14(4-8-16)20(27)24-23-19(26)12-28-17-9-5-15(21)6-10-17/h3-10,13H,11-12H2,1-2H3,(H,22,25)(H,23,26)(H,24,27). The average Bonchev–Trinajstić information content (AvgIpc) is 2.65. The number of rotatable bonds is 7. The zero-order chi connectivity index (χ0) is 20.5. The Labute approximate surface area is 168 Å². The molecule has 2 aromatic rings. The molecule has 2 aromatic carbocycles. The molecular weight excluding hydrogens is 382 g/mol. The number of benzene rings is 2. The Morgan fingerprint density at radius 1 is 0.929 bits per heavy atom. The van der Waals surface area contributed by atoms with Crippen LogP contribution >= 0.6 is 11.6 Å². The molecule has 0 saturated heterocycles. The van der Waals surface area contributed by atoms with Crippen LogP contribution < -0.4 is 20.9 Å². The highest BCUT2D eigenvalue weighted by Crippen LogP contribution is 2.15. The smallest absolute Gasteiger partial charge is 0.276 e. The van der Waals surface area contributed by atoms with Crippen LogP contribution in [-0.2, 0) is 9.59 Å². The third-order valence-corrected chi connectivity index (χ3v) is 3.78. The Kier molecular flexibility index (Phi) is 7.83. The highest BCUT2D eigenvalue weighted by molar-refractivity contribution is 6.30. The summed E-state index contributed by atoms with van der Waals surface area (Å²) in [5.74, 6) is -0.334. The number of nitrogens with one attached hydrogen (secondary N) is 3. The molecule has 0 heterocycles. The highest BCUT2D eigenvalue weighted by atomic mass is 35.5. The van der Waals surface area contributed by atoms with Crippen LogP contribution in [0.4, 0.5) is 5.69 Å². The van der Waals surface area contributed by atoms with Gasteiger partial charge in [0, 0.05) is 22.7 Å². The predicted molar refractivity (Wildman–Crippen MR) is 107 cm³/mol. The molecule has 0 bridgehead atoms. The molecule has 0 aromatic heterocycles. The summed E-state index contributed by atoms with van der Waals surface area (Å²) < 4.78 is 5.28. The summed E-state index contributed by atoms with van der Waals surface area (Å²) in [5.41, 5.74) is 5.51. The number of amides is 3. The quantitative estimate of drug-likeness (QED) is 0.618. The largest absolute Gasteiger partial charge is 0.484 e. The molecule has 0 aliphatic rings. The SMILES string of the molecule is CC(C)CC(=O)Nc1ccc(C(=O)NNC(=O)COc2ccc(Cl)cc2)cc1. The Morgan fingerprint density at radius 3 is 2.18 bits per heavy atom. The lowest BCUT2D eigenvalue weighted by molar-refractivity contribution is -0.123. The number of anilines is 1. The zero-order valence-electron chi connectivity index (χ0n) is 15.6. The summed E-state index contributed by atoms with van der Waals surface area (Å²) in [6.45, 7) is 3.66.